The fourth-order valence-corrected chi connectivity index (χ4v) is 6.09. The molecule has 2 aromatic carbocycles. The number of rotatable bonds is 5. The van der Waals surface area contributed by atoms with Crippen LogP contribution >= 0.6 is 0 Å². The van der Waals surface area contributed by atoms with Crippen molar-refractivity contribution in [1.82, 2.24) is 10.2 Å². The van der Waals surface area contributed by atoms with Gasteiger partial charge in [-0.05, 0) is 69.1 Å². The fourth-order valence-electron chi connectivity index (χ4n) is 5.28. The predicted octanol–water partition coefficient (Wildman–Crippen LogP) is 3.67. The number of amides is 2. The highest BCUT2D eigenvalue weighted by atomic mass is 32.2. The number of hydrogen-bond donors (Lipinski definition) is 1. The molecule has 0 atom stereocenters. The SMILES string of the molecule is CN(C)[C@]1(c2cccc(F)c2)CC[C@@]2(CC1)CN(c1ccccc1CS(C)(=O)=O)C(=O)N2. The molecular weight excluding hydrogens is 429 g/mol. The van der Waals surface area contributed by atoms with Crippen LogP contribution in [-0.2, 0) is 21.1 Å². The Hall–Kier alpha value is -2.45. The number of hydrogen-bond acceptors (Lipinski definition) is 4. The van der Waals surface area contributed by atoms with Crippen molar-refractivity contribution < 1.29 is 17.6 Å². The van der Waals surface area contributed by atoms with Gasteiger partial charge in [0.15, 0.2) is 9.84 Å². The second-order valence-electron chi connectivity index (χ2n) is 9.43. The Morgan fingerprint density at radius 1 is 1.06 bits per heavy atom. The molecule has 1 N–H and O–H groups in total. The van der Waals surface area contributed by atoms with Gasteiger partial charge in [-0.2, -0.15) is 0 Å². The number of para-hydroxylation sites is 1. The number of nitrogens with zero attached hydrogens (tertiary/aromatic N) is 2. The third-order valence-electron chi connectivity index (χ3n) is 7.03. The molecule has 6 nitrogen and oxygen atoms in total. The van der Waals surface area contributed by atoms with Gasteiger partial charge in [0.05, 0.1) is 17.8 Å². The van der Waals surface area contributed by atoms with Crippen LogP contribution in [0.3, 0.4) is 0 Å². The number of sulfone groups is 1. The summed E-state index contributed by atoms with van der Waals surface area (Å²) in [5.41, 5.74) is 1.54. The fraction of sp³-hybridized carbons (Fsp3) is 0.458. The number of halogens is 1. The van der Waals surface area contributed by atoms with E-state index in [1.807, 2.05) is 26.2 Å². The maximum atomic E-state index is 14.0. The Morgan fingerprint density at radius 2 is 1.75 bits per heavy atom. The molecule has 2 aliphatic rings. The number of anilines is 1. The maximum Gasteiger partial charge on any atom is 0.322 e. The maximum absolute atomic E-state index is 14.0. The largest absolute Gasteiger partial charge is 0.330 e. The van der Waals surface area contributed by atoms with Gasteiger partial charge in [-0.1, -0.05) is 30.3 Å². The Kier molecular flexibility index (Phi) is 5.79. The van der Waals surface area contributed by atoms with E-state index in [1.165, 1.54) is 12.3 Å². The van der Waals surface area contributed by atoms with Crippen molar-refractivity contribution in [3.05, 3.63) is 65.5 Å². The molecular formula is C24H30FN3O3S. The first-order valence-electron chi connectivity index (χ1n) is 10.8. The Balaban J connectivity index is 1.58. The molecule has 0 aromatic heterocycles. The average molecular weight is 460 g/mol. The van der Waals surface area contributed by atoms with Gasteiger partial charge in [0.2, 0.25) is 0 Å². The molecule has 1 aliphatic heterocycles. The topological polar surface area (TPSA) is 69.7 Å². The zero-order valence-corrected chi connectivity index (χ0v) is 19.6. The van der Waals surface area contributed by atoms with Crippen LogP contribution in [0, 0.1) is 5.82 Å². The minimum Gasteiger partial charge on any atom is -0.330 e. The first kappa shape index (κ1) is 22.7. The van der Waals surface area contributed by atoms with Crippen molar-refractivity contribution in [3.8, 4) is 0 Å². The lowest BCUT2D eigenvalue weighted by Crippen LogP contribution is -2.54. The van der Waals surface area contributed by atoms with Crippen LogP contribution in [0.25, 0.3) is 0 Å². The summed E-state index contributed by atoms with van der Waals surface area (Å²) in [6.45, 7) is 0.485. The molecule has 1 spiro atoms. The van der Waals surface area contributed by atoms with Crippen molar-refractivity contribution in [1.29, 1.82) is 0 Å². The summed E-state index contributed by atoms with van der Waals surface area (Å²) < 4.78 is 37.7. The third kappa shape index (κ3) is 4.26. The molecule has 1 saturated carbocycles. The lowest BCUT2D eigenvalue weighted by molar-refractivity contribution is 0.0655. The van der Waals surface area contributed by atoms with Crippen molar-refractivity contribution in [2.75, 3.05) is 31.8 Å². The molecule has 8 heteroatoms. The Morgan fingerprint density at radius 3 is 2.38 bits per heavy atom. The Labute approximate surface area is 189 Å². The lowest BCUT2D eigenvalue weighted by Gasteiger charge is -2.48. The average Bonchev–Trinajstić information content (AvgIpc) is 3.03. The number of carbonyl (C=O) groups is 1. The smallest absolute Gasteiger partial charge is 0.322 e. The molecule has 2 fully saturated rings. The first-order chi connectivity index (χ1) is 15.0. The minimum atomic E-state index is -3.23. The van der Waals surface area contributed by atoms with Crippen LogP contribution in [0.1, 0.15) is 36.8 Å². The summed E-state index contributed by atoms with van der Waals surface area (Å²) in [6.07, 6.45) is 4.26. The molecule has 0 bridgehead atoms. The van der Waals surface area contributed by atoms with Crippen molar-refractivity contribution >= 4 is 21.6 Å². The van der Waals surface area contributed by atoms with Crippen LogP contribution < -0.4 is 10.2 Å². The number of urea groups is 1. The lowest BCUT2D eigenvalue weighted by atomic mass is 9.69. The molecule has 2 aromatic rings. The Bertz CT molecular complexity index is 1120. The number of carbonyl (C=O) groups excluding carboxylic acids is 1. The quantitative estimate of drug-likeness (QED) is 0.741. The second-order valence-corrected chi connectivity index (χ2v) is 11.6. The van der Waals surface area contributed by atoms with Crippen LogP contribution in [0.15, 0.2) is 48.5 Å². The highest BCUT2D eigenvalue weighted by Crippen LogP contribution is 2.46. The summed E-state index contributed by atoms with van der Waals surface area (Å²) in [5, 5.41) is 3.19. The van der Waals surface area contributed by atoms with Gasteiger partial charge in [-0.3, -0.25) is 9.80 Å². The van der Waals surface area contributed by atoms with Crippen LogP contribution in [0.5, 0.6) is 0 Å². The van der Waals surface area contributed by atoms with Crippen molar-refractivity contribution in [2.24, 2.45) is 0 Å². The van der Waals surface area contributed by atoms with Gasteiger partial charge in [0, 0.05) is 17.5 Å². The van der Waals surface area contributed by atoms with Crippen LogP contribution in [0.4, 0.5) is 14.9 Å². The van der Waals surface area contributed by atoms with Gasteiger partial charge in [0.1, 0.15) is 5.82 Å². The molecule has 0 radical (unpaired) electrons. The van der Waals surface area contributed by atoms with Gasteiger partial charge in [-0.15, -0.1) is 0 Å². The number of nitrogens with one attached hydrogen (secondary N) is 1. The molecule has 2 amide bonds. The molecule has 32 heavy (non-hydrogen) atoms. The zero-order valence-electron chi connectivity index (χ0n) is 18.8. The molecule has 172 valence electrons. The van der Waals surface area contributed by atoms with Crippen LogP contribution in [0.2, 0.25) is 0 Å². The van der Waals surface area contributed by atoms with Gasteiger partial charge in [0.25, 0.3) is 0 Å². The summed E-state index contributed by atoms with van der Waals surface area (Å²) in [5.74, 6) is -0.352. The monoisotopic (exact) mass is 459 g/mol. The van der Waals surface area contributed by atoms with Crippen LogP contribution in [-0.4, -0.2) is 51.8 Å². The molecule has 4 rings (SSSR count). The molecule has 0 unspecified atom stereocenters. The summed E-state index contributed by atoms with van der Waals surface area (Å²) in [6, 6.07) is 13.8. The van der Waals surface area contributed by atoms with E-state index < -0.39 is 9.84 Å². The molecule has 1 heterocycles. The highest BCUT2D eigenvalue weighted by Gasteiger charge is 2.50. The minimum absolute atomic E-state index is 0.108. The van der Waals surface area contributed by atoms with E-state index in [-0.39, 0.29) is 28.7 Å². The molecule has 1 saturated heterocycles. The highest BCUT2D eigenvalue weighted by molar-refractivity contribution is 7.89. The van der Waals surface area contributed by atoms with Crippen molar-refractivity contribution in [2.45, 2.75) is 42.5 Å². The summed E-state index contributed by atoms with van der Waals surface area (Å²) in [4.78, 5) is 16.8. The number of benzene rings is 2. The third-order valence-corrected chi connectivity index (χ3v) is 7.87. The van der Waals surface area contributed by atoms with E-state index in [9.17, 15) is 17.6 Å². The normalized spacial score (nSPS) is 26.0. The van der Waals surface area contributed by atoms with E-state index in [0.29, 0.717) is 17.8 Å². The predicted molar refractivity (Wildman–Crippen MR) is 124 cm³/mol. The van der Waals surface area contributed by atoms with Gasteiger partial charge in [-0.25, -0.2) is 17.6 Å². The summed E-state index contributed by atoms with van der Waals surface area (Å²) in [7, 11) is 0.802. The van der Waals surface area contributed by atoms with Gasteiger partial charge < -0.3 is 5.32 Å². The van der Waals surface area contributed by atoms with E-state index in [0.717, 1.165) is 31.2 Å². The van der Waals surface area contributed by atoms with E-state index in [2.05, 4.69) is 10.2 Å². The second kappa shape index (κ2) is 8.15. The zero-order chi connectivity index (χ0) is 23.1. The summed E-state index contributed by atoms with van der Waals surface area (Å²) >= 11 is 0. The van der Waals surface area contributed by atoms with E-state index in [4.69, 9.17) is 0 Å². The first-order valence-corrected chi connectivity index (χ1v) is 12.9. The van der Waals surface area contributed by atoms with E-state index >= 15 is 0 Å². The molecule has 1 aliphatic carbocycles. The van der Waals surface area contributed by atoms with Gasteiger partial charge >= 0.3 is 6.03 Å². The van der Waals surface area contributed by atoms with Crippen molar-refractivity contribution in [3.63, 3.8) is 0 Å². The standard InChI is InChI=1S/C24H30FN3O3S/c1-27(2)24(19-8-6-9-20(25)15-19)13-11-23(12-14-24)17-28(22(29)26-23)21-10-5-4-7-18(21)16-32(3,30)31/h4-10,15H,11-14,16-17H2,1-3H3,(H,26,29)/t23-,24-. The van der Waals surface area contributed by atoms with E-state index in [1.54, 1.807) is 35.2 Å².